The molecule has 4 N–H and O–H groups in total. The van der Waals surface area contributed by atoms with E-state index >= 15 is 0 Å². The highest BCUT2D eigenvalue weighted by Gasteiger charge is 2.28. The van der Waals surface area contributed by atoms with Crippen LogP contribution in [0.3, 0.4) is 0 Å². The number of benzene rings is 1. The number of fused-ring (bicyclic) bond motifs is 1. The van der Waals surface area contributed by atoms with E-state index in [1.54, 1.807) is 6.92 Å². The van der Waals surface area contributed by atoms with E-state index in [-0.39, 0.29) is 27.8 Å². The molecule has 0 aromatic heterocycles. The predicted molar refractivity (Wildman–Crippen MR) is 77.8 cm³/mol. The lowest BCUT2D eigenvalue weighted by atomic mass is 10.00. The van der Waals surface area contributed by atoms with Crippen molar-refractivity contribution in [1.82, 2.24) is 0 Å². The number of halogens is 1. The van der Waals surface area contributed by atoms with Crippen molar-refractivity contribution in [3.05, 3.63) is 39.1 Å². The van der Waals surface area contributed by atoms with E-state index in [1.165, 1.54) is 12.1 Å². The van der Waals surface area contributed by atoms with Gasteiger partial charge in [-0.2, -0.15) is 0 Å². The zero-order chi connectivity index (χ0) is 15.7. The van der Waals surface area contributed by atoms with Crippen molar-refractivity contribution < 1.29 is 30.0 Å². The molecule has 1 unspecified atom stereocenters. The largest absolute Gasteiger partial charge is 0.509 e. The quantitative estimate of drug-likeness (QED) is 0.478. The number of aliphatic hydroxyl groups excluding tert-OH is 2. The average Bonchev–Trinajstić information content (AvgIpc) is 2.55. The van der Waals surface area contributed by atoms with Crippen LogP contribution in [-0.2, 0) is 9.53 Å². The Kier molecular flexibility index (Phi) is 4.24. The van der Waals surface area contributed by atoms with Crippen LogP contribution in [0.4, 0.5) is 0 Å². The molecule has 0 saturated carbocycles. The molecule has 0 bridgehead atoms. The molecule has 7 heteroatoms. The fraction of sp³-hybridized carbons (Fsp3) is 0.214. The first-order valence-corrected chi connectivity index (χ1v) is 6.87. The van der Waals surface area contributed by atoms with Crippen molar-refractivity contribution in [2.75, 3.05) is 6.61 Å². The van der Waals surface area contributed by atoms with E-state index in [9.17, 15) is 25.2 Å². The molecule has 0 heterocycles. The highest BCUT2D eigenvalue weighted by Crippen LogP contribution is 2.44. The van der Waals surface area contributed by atoms with Gasteiger partial charge in [0, 0.05) is 5.56 Å². The molecule has 0 aliphatic heterocycles. The standard InChI is InChI=1S/C14H13BrO6/c1-2-21-14(20)7-3-6-4-8(15)11(17)13(19)10(6)12(18)9(16)5-7/h3-5,12,16-19H,2H2,1H3. The smallest absolute Gasteiger partial charge is 0.338 e. The maximum Gasteiger partial charge on any atom is 0.338 e. The first kappa shape index (κ1) is 15.4. The van der Waals surface area contributed by atoms with Gasteiger partial charge in [0.1, 0.15) is 11.9 Å². The molecule has 0 amide bonds. The molecule has 0 saturated heterocycles. The molecule has 1 aromatic carbocycles. The van der Waals surface area contributed by atoms with Gasteiger partial charge < -0.3 is 25.2 Å². The number of phenols is 2. The van der Waals surface area contributed by atoms with Crippen molar-refractivity contribution in [1.29, 1.82) is 0 Å². The van der Waals surface area contributed by atoms with Crippen LogP contribution in [0, 0.1) is 0 Å². The van der Waals surface area contributed by atoms with E-state index in [1.807, 2.05) is 0 Å². The number of esters is 1. The monoisotopic (exact) mass is 356 g/mol. The Labute approximate surface area is 128 Å². The maximum absolute atomic E-state index is 11.8. The molecule has 0 radical (unpaired) electrons. The van der Waals surface area contributed by atoms with E-state index in [4.69, 9.17) is 4.74 Å². The van der Waals surface area contributed by atoms with Gasteiger partial charge in [0.2, 0.25) is 0 Å². The van der Waals surface area contributed by atoms with Crippen molar-refractivity contribution in [2.45, 2.75) is 13.0 Å². The van der Waals surface area contributed by atoms with Gasteiger partial charge in [0.05, 0.1) is 16.7 Å². The highest BCUT2D eigenvalue weighted by molar-refractivity contribution is 9.10. The summed E-state index contributed by atoms with van der Waals surface area (Å²) in [6, 6.07) is 1.42. The second-order valence-electron chi connectivity index (χ2n) is 4.35. The number of hydrogen-bond donors (Lipinski definition) is 4. The van der Waals surface area contributed by atoms with Gasteiger partial charge >= 0.3 is 5.97 Å². The van der Waals surface area contributed by atoms with Gasteiger partial charge in [-0.15, -0.1) is 0 Å². The van der Waals surface area contributed by atoms with Crippen LogP contribution < -0.4 is 0 Å². The third-order valence-electron chi connectivity index (χ3n) is 2.98. The molecule has 1 aromatic rings. The van der Waals surface area contributed by atoms with Gasteiger partial charge in [-0.25, -0.2) is 4.79 Å². The summed E-state index contributed by atoms with van der Waals surface area (Å²) in [5.74, 6) is -2.25. The molecule has 1 atom stereocenters. The summed E-state index contributed by atoms with van der Waals surface area (Å²) < 4.78 is 5.04. The molecule has 0 spiro atoms. The van der Waals surface area contributed by atoms with Crippen LogP contribution in [0.2, 0.25) is 0 Å². The highest BCUT2D eigenvalue weighted by atomic mass is 79.9. The maximum atomic E-state index is 11.8. The molecular formula is C14H13BrO6. The predicted octanol–water partition coefficient (Wildman–Crippen LogP) is 2.30. The number of hydrogen-bond acceptors (Lipinski definition) is 6. The van der Waals surface area contributed by atoms with E-state index in [0.717, 1.165) is 6.08 Å². The molecule has 2 rings (SSSR count). The van der Waals surface area contributed by atoms with Gasteiger partial charge in [0.25, 0.3) is 0 Å². The Hall–Kier alpha value is -1.99. The van der Waals surface area contributed by atoms with Crippen molar-refractivity contribution in [3.63, 3.8) is 0 Å². The first-order chi connectivity index (χ1) is 9.86. The van der Waals surface area contributed by atoms with Gasteiger partial charge in [-0.3, -0.25) is 0 Å². The van der Waals surface area contributed by atoms with E-state index in [2.05, 4.69) is 15.9 Å². The molecular weight excluding hydrogens is 344 g/mol. The Morgan fingerprint density at radius 1 is 1.29 bits per heavy atom. The number of phenolic OH excluding ortho intramolecular Hbond substituents is 2. The lowest BCUT2D eigenvalue weighted by molar-refractivity contribution is -0.138. The third kappa shape index (κ3) is 2.74. The Morgan fingerprint density at radius 3 is 2.57 bits per heavy atom. The lowest BCUT2D eigenvalue weighted by Crippen LogP contribution is -2.06. The zero-order valence-electron chi connectivity index (χ0n) is 11.0. The second kappa shape index (κ2) is 5.79. The normalized spacial score (nSPS) is 17.4. The summed E-state index contributed by atoms with van der Waals surface area (Å²) in [4.78, 5) is 11.8. The third-order valence-corrected chi connectivity index (χ3v) is 3.58. The van der Waals surface area contributed by atoms with Crippen LogP contribution in [0.25, 0.3) is 6.08 Å². The molecule has 21 heavy (non-hydrogen) atoms. The Morgan fingerprint density at radius 2 is 1.95 bits per heavy atom. The van der Waals surface area contributed by atoms with Gasteiger partial charge in [-0.05, 0) is 46.6 Å². The number of aromatic hydroxyl groups is 2. The van der Waals surface area contributed by atoms with Crippen molar-refractivity contribution in [3.8, 4) is 11.5 Å². The summed E-state index contributed by atoms with van der Waals surface area (Å²) in [6.45, 7) is 1.80. The SMILES string of the molecule is CCOC(=O)C1=Cc2cc(Br)c(O)c(O)c2C(O)C(O)=C1. The minimum atomic E-state index is -1.57. The minimum Gasteiger partial charge on any atom is -0.509 e. The number of aliphatic hydroxyl groups is 2. The fourth-order valence-electron chi connectivity index (χ4n) is 1.99. The molecule has 1 aliphatic carbocycles. The molecule has 6 nitrogen and oxygen atoms in total. The fourth-order valence-corrected chi connectivity index (χ4v) is 2.43. The topological polar surface area (TPSA) is 107 Å². The zero-order valence-corrected chi connectivity index (χ0v) is 12.6. The van der Waals surface area contributed by atoms with Gasteiger partial charge in [-0.1, -0.05) is 0 Å². The first-order valence-electron chi connectivity index (χ1n) is 6.08. The van der Waals surface area contributed by atoms with Crippen LogP contribution in [0.1, 0.15) is 24.2 Å². The Bertz CT molecular complexity index is 662. The Balaban J connectivity index is 2.67. The summed E-state index contributed by atoms with van der Waals surface area (Å²) in [5.41, 5.74) is 0.195. The van der Waals surface area contributed by atoms with Crippen molar-refractivity contribution >= 4 is 28.0 Å². The van der Waals surface area contributed by atoms with Crippen LogP contribution in [-0.4, -0.2) is 33.0 Å². The number of carbonyl (C=O) groups excluding carboxylic acids is 1. The molecule has 0 fully saturated rings. The molecule has 112 valence electrons. The van der Waals surface area contributed by atoms with E-state index in [0.29, 0.717) is 0 Å². The average molecular weight is 357 g/mol. The van der Waals surface area contributed by atoms with E-state index < -0.39 is 29.3 Å². The van der Waals surface area contributed by atoms with Crippen LogP contribution in [0.5, 0.6) is 11.5 Å². The van der Waals surface area contributed by atoms with Crippen molar-refractivity contribution in [2.24, 2.45) is 0 Å². The number of ether oxygens (including phenoxy) is 1. The lowest BCUT2D eigenvalue weighted by Gasteiger charge is -2.15. The molecule has 1 aliphatic rings. The number of rotatable bonds is 2. The summed E-state index contributed by atoms with van der Waals surface area (Å²) in [7, 11) is 0. The summed E-state index contributed by atoms with van der Waals surface area (Å²) in [6.07, 6.45) is 0.846. The number of carbonyl (C=O) groups is 1. The second-order valence-corrected chi connectivity index (χ2v) is 5.20. The van der Waals surface area contributed by atoms with Crippen LogP contribution in [0.15, 0.2) is 27.9 Å². The summed E-state index contributed by atoms with van der Waals surface area (Å²) in [5, 5.41) is 39.5. The van der Waals surface area contributed by atoms with Gasteiger partial charge in [0.15, 0.2) is 11.5 Å². The summed E-state index contributed by atoms with van der Waals surface area (Å²) >= 11 is 3.06. The van der Waals surface area contributed by atoms with Crippen LogP contribution >= 0.6 is 15.9 Å². The minimum absolute atomic E-state index is 0.0177.